The molecule has 1 fully saturated rings. The Labute approximate surface area is 170 Å². The third kappa shape index (κ3) is 8.70. The second-order valence-corrected chi connectivity index (χ2v) is 7.46. The molecular formula is C23H38O5. The summed E-state index contributed by atoms with van der Waals surface area (Å²) in [5, 5.41) is 0. The van der Waals surface area contributed by atoms with Crippen LogP contribution in [-0.2, 0) is 23.8 Å². The van der Waals surface area contributed by atoms with Crippen LogP contribution < -0.4 is 0 Å². The van der Waals surface area contributed by atoms with Gasteiger partial charge in [-0.1, -0.05) is 50.5 Å². The van der Waals surface area contributed by atoms with Gasteiger partial charge in [-0.05, 0) is 25.7 Å². The molecule has 0 aromatic rings. The molecular weight excluding hydrogens is 356 g/mol. The largest absolute Gasteiger partial charge is 0.469 e. The summed E-state index contributed by atoms with van der Waals surface area (Å²) in [6.07, 6.45) is 16.1. The maximum atomic E-state index is 12.5. The molecule has 0 heterocycles. The van der Waals surface area contributed by atoms with E-state index in [1.807, 2.05) is 0 Å². The summed E-state index contributed by atoms with van der Waals surface area (Å²) in [7, 11) is 4.82. The number of Topliss-reactive ketones (excluding diaryl/α,β-unsaturated/α-hetero) is 1. The summed E-state index contributed by atoms with van der Waals surface area (Å²) in [6.45, 7) is 2.19. The number of ketones is 1. The molecule has 1 rings (SSSR count). The SMILES string of the molecule is CCCCCC(C=C[C@H]1C(OC)CC(=O)[C@@H]1CC=CCCCC(=O)OC)OC. The molecule has 0 spiro atoms. The lowest BCUT2D eigenvalue weighted by Gasteiger charge is -2.20. The summed E-state index contributed by atoms with van der Waals surface area (Å²) < 4.78 is 15.8. The second kappa shape index (κ2) is 14.5. The quantitative estimate of drug-likeness (QED) is 0.244. The predicted molar refractivity (Wildman–Crippen MR) is 111 cm³/mol. The van der Waals surface area contributed by atoms with Crippen LogP contribution in [0.3, 0.4) is 0 Å². The molecule has 2 unspecified atom stereocenters. The first-order valence-electron chi connectivity index (χ1n) is 10.6. The Morgan fingerprint density at radius 1 is 1.18 bits per heavy atom. The maximum absolute atomic E-state index is 12.5. The number of rotatable bonds is 14. The number of ether oxygens (including phenoxy) is 3. The van der Waals surface area contributed by atoms with Gasteiger partial charge < -0.3 is 14.2 Å². The van der Waals surface area contributed by atoms with E-state index in [2.05, 4.69) is 36.0 Å². The smallest absolute Gasteiger partial charge is 0.305 e. The van der Waals surface area contributed by atoms with Gasteiger partial charge in [-0.25, -0.2) is 0 Å². The Morgan fingerprint density at radius 3 is 2.61 bits per heavy atom. The molecule has 1 saturated carbocycles. The minimum atomic E-state index is -0.181. The average Bonchev–Trinajstić information content (AvgIpc) is 3.01. The van der Waals surface area contributed by atoms with Crippen LogP contribution >= 0.6 is 0 Å². The van der Waals surface area contributed by atoms with E-state index in [0.717, 1.165) is 25.7 Å². The van der Waals surface area contributed by atoms with Gasteiger partial charge in [0.25, 0.3) is 0 Å². The van der Waals surface area contributed by atoms with E-state index < -0.39 is 0 Å². The molecule has 1 aliphatic rings. The van der Waals surface area contributed by atoms with E-state index in [1.54, 1.807) is 14.2 Å². The van der Waals surface area contributed by atoms with Crippen molar-refractivity contribution >= 4 is 11.8 Å². The van der Waals surface area contributed by atoms with Crippen LogP contribution in [-0.4, -0.2) is 45.3 Å². The second-order valence-electron chi connectivity index (χ2n) is 7.46. The third-order valence-electron chi connectivity index (χ3n) is 5.49. The van der Waals surface area contributed by atoms with E-state index in [9.17, 15) is 9.59 Å². The molecule has 0 aromatic heterocycles. The standard InChI is InChI=1S/C23H38O5/c1-5-6-9-12-18(26-2)15-16-20-19(21(24)17-22(20)27-3)13-10-7-8-11-14-23(25)28-4/h7,10,15-16,18-20,22H,5-6,8-9,11-14,17H2,1-4H3/t18?,19-,20-,22?/m1/s1. The van der Waals surface area contributed by atoms with Crippen molar-refractivity contribution in [1.29, 1.82) is 0 Å². The summed E-state index contributed by atoms with van der Waals surface area (Å²) in [5.41, 5.74) is 0. The van der Waals surface area contributed by atoms with Crippen molar-refractivity contribution in [1.82, 2.24) is 0 Å². The Balaban J connectivity index is 2.60. The molecule has 0 amide bonds. The number of carbonyl (C=O) groups excluding carboxylic acids is 2. The Kier molecular flexibility index (Phi) is 12.8. The van der Waals surface area contributed by atoms with E-state index in [-0.39, 0.29) is 35.8 Å². The van der Waals surface area contributed by atoms with Gasteiger partial charge in [-0.2, -0.15) is 0 Å². The maximum Gasteiger partial charge on any atom is 0.305 e. The van der Waals surface area contributed by atoms with Crippen molar-refractivity contribution in [3.63, 3.8) is 0 Å². The molecule has 0 saturated heterocycles. The summed E-state index contributed by atoms with van der Waals surface area (Å²) in [4.78, 5) is 23.6. The van der Waals surface area contributed by atoms with Crippen molar-refractivity contribution < 1.29 is 23.8 Å². The summed E-state index contributed by atoms with van der Waals surface area (Å²) >= 11 is 0. The number of hydrogen-bond acceptors (Lipinski definition) is 5. The average molecular weight is 395 g/mol. The molecule has 0 N–H and O–H groups in total. The molecule has 0 radical (unpaired) electrons. The van der Waals surface area contributed by atoms with Crippen molar-refractivity contribution in [2.75, 3.05) is 21.3 Å². The lowest BCUT2D eigenvalue weighted by molar-refractivity contribution is -0.140. The lowest BCUT2D eigenvalue weighted by Crippen LogP contribution is -2.20. The van der Waals surface area contributed by atoms with Crippen LogP contribution in [0.4, 0.5) is 0 Å². The molecule has 28 heavy (non-hydrogen) atoms. The number of esters is 1. The van der Waals surface area contributed by atoms with Crippen LogP contribution in [0, 0.1) is 11.8 Å². The Hall–Kier alpha value is -1.46. The van der Waals surface area contributed by atoms with E-state index >= 15 is 0 Å². The molecule has 4 atom stereocenters. The normalized spacial score (nSPS) is 23.7. The van der Waals surface area contributed by atoms with Crippen molar-refractivity contribution in [3.8, 4) is 0 Å². The van der Waals surface area contributed by atoms with Gasteiger partial charge in [0.05, 0.1) is 19.3 Å². The van der Waals surface area contributed by atoms with Gasteiger partial charge in [0, 0.05) is 38.9 Å². The fourth-order valence-corrected chi connectivity index (χ4v) is 3.71. The Bertz CT molecular complexity index is 511. The number of allylic oxidation sites excluding steroid dienone is 2. The fourth-order valence-electron chi connectivity index (χ4n) is 3.71. The minimum absolute atomic E-state index is 0.0498. The van der Waals surface area contributed by atoms with Crippen molar-refractivity contribution in [2.24, 2.45) is 11.8 Å². The minimum Gasteiger partial charge on any atom is -0.469 e. The number of hydrogen-bond donors (Lipinski definition) is 0. The highest BCUT2D eigenvalue weighted by Crippen LogP contribution is 2.35. The molecule has 1 aliphatic carbocycles. The van der Waals surface area contributed by atoms with Crippen LogP contribution in [0.2, 0.25) is 0 Å². The molecule has 5 nitrogen and oxygen atoms in total. The number of unbranched alkanes of at least 4 members (excludes halogenated alkanes) is 3. The zero-order chi connectivity index (χ0) is 20.8. The fraction of sp³-hybridized carbons (Fsp3) is 0.739. The van der Waals surface area contributed by atoms with Crippen LogP contribution in [0.25, 0.3) is 0 Å². The highest BCUT2D eigenvalue weighted by atomic mass is 16.5. The van der Waals surface area contributed by atoms with E-state index in [0.29, 0.717) is 19.3 Å². The molecule has 160 valence electrons. The summed E-state index contributed by atoms with van der Waals surface area (Å²) in [5.74, 6) is 0.118. The van der Waals surface area contributed by atoms with Gasteiger partial charge in [0.2, 0.25) is 0 Å². The van der Waals surface area contributed by atoms with Gasteiger partial charge in [0.15, 0.2) is 0 Å². The predicted octanol–water partition coefficient (Wildman–Crippen LogP) is 4.65. The van der Waals surface area contributed by atoms with Crippen molar-refractivity contribution in [3.05, 3.63) is 24.3 Å². The molecule has 0 aliphatic heterocycles. The zero-order valence-electron chi connectivity index (χ0n) is 18.0. The van der Waals surface area contributed by atoms with Gasteiger partial charge in [-0.15, -0.1) is 0 Å². The van der Waals surface area contributed by atoms with Gasteiger partial charge >= 0.3 is 5.97 Å². The Morgan fingerprint density at radius 2 is 1.96 bits per heavy atom. The molecule has 5 heteroatoms. The van der Waals surface area contributed by atoms with E-state index in [1.165, 1.54) is 20.0 Å². The topological polar surface area (TPSA) is 61.8 Å². The van der Waals surface area contributed by atoms with Gasteiger partial charge in [0.1, 0.15) is 5.78 Å². The molecule has 0 bridgehead atoms. The lowest BCUT2D eigenvalue weighted by atomic mass is 9.90. The summed E-state index contributed by atoms with van der Waals surface area (Å²) in [6, 6.07) is 0. The molecule has 0 aromatic carbocycles. The monoisotopic (exact) mass is 394 g/mol. The van der Waals surface area contributed by atoms with Gasteiger partial charge in [-0.3, -0.25) is 9.59 Å². The van der Waals surface area contributed by atoms with Crippen LogP contribution in [0.15, 0.2) is 24.3 Å². The van der Waals surface area contributed by atoms with Crippen molar-refractivity contribution in [2.45, 2.75) is 76.9 Å². The number of carbonyl (C=O) groups is 2. The first kappa shape index (κ1) is 24.6. The van der Waals surface area contributed by atoms with Crippen LogP contribution in [0.5, 0.6) is 0 Å². The highest BCUT2D eigenvalue weighted by molar-refractivity contribution is 5.84. The highest BCUT2D eigenvalue weighted by Gasteiger charge is 2.40. The van der Waals surface area contributed by atoms with Crippen LogP contribution in [0.1, 0.15) is 64.7 Å². The zero-order valence-corrected chi connectivity index (χ0v) is 18.0. The third-order valence-corrected chi connectivity index (χ3v) is 5.49. The van der Waals surface area contributed by atoms with E-state index in [4.69, 9.17) is 9.47 Å². The first-order chi connectivity index (χ1) is 13.6. The first-order valence-corrected chi connectivity index (χ1v) is 10.6. The number of methoxy groups -OCH3 is 3.